The van der Waals surface area contributed by atoms with Crippen molar-refractivity contribution in [2.45, 2.75) is 24.3 Å². The van der Waals surface area contributed by atoms with E-state index in [4.69, 9.17) is 18.6 Å². The maximum Gasteiger partial charge on any atom is 0.277 e. The highest BCUT2D eigenvalue weighted by atomic mass is 32.2. The summed E-state index contributed by atoms with van der Waals surface area (Å²) < 4.78 is 21.6. The zero-order valence-corrected chi connectivity index (χ0v) is 18.0. The number of carbonyl (C=O) groups is 1. The Labute approximate surface area is 178 Å². The number of aromatic nitrogens is 2. The third-order valence-electron chi connectivity index (χ3n) is 4.12. The maximum absolute atomic E-state index is 12.5. The van der Waals surface area contributed by atoms with Crippen LogP contribution >= 0.6 is 11.8 Å². The van der Waals surface area contributed by atoms with Gasteiger partial charge in [0, 0.05) is 11.3 Å². The standard InChI is InChI=1S/C21H23N3O5S/c1-5-28-16-9-7-15(8-10-16)22-19(25)13(2)30-21-24-23-20(29-21)14-6-11-17(26-3)18(12-14)27-4/h6-13H,5H2,1-4H3,(H,22,25)/t13-/m0/s1. The molecule has 2 aromatic carbocycles. The van der Waals surface area contributed by atoms with Gasteiger partial charge in [-0.25, -0.2) is 0 Å². The molecule has 0 aliphatic rings. The van der Waals surface area contributed by atoms with Crippen LogP contribution in [-0.4, -0.2) is 42.2 Å². The van der Waals surface area contributed by atoms with Gasteiger partial charge in [0.25, 0.3) is 5.22 Å². The van der Waals surface area contributed by atoms with Crippen LogP contribution in [0.3, 0.4) is 0 Å². The smallest absolute Gasteiger partial charge is 0.277 e. The highest BCUT2D eigenvalue weighted by Gasteiger charge is 2.19. The van der Waals surface area contributed by atoms with Crippen LogP contribution in [0.15, 0.2) is 52.1 Å². The maximum atomic E-state index is 12.5. The molecule has 0 radical (unpaired) electrons. The van der Waals surface area contributed by atoms with Gasteiger partial charge in [-0.05, 0) is 56.3 Å². The Balaban J connectivity index is 1.62. The number of hydrogen-bond donors (Lipinski definition) is 1. The molecule has 1 atom stereocenters. The fourth-order valence-electron chi connectivity index (χ4n) is 2.59. The largest absolute Gasteiger partial charge is 0.494 e. The lowest BCUT2D eigenvalue weighted by Gasteiger charge is -2.10. The first-order valence-corrected chi connectivity index (χ1v) is 10.2. The first kappa shape index (κ1) is 21.5. The summed E-state index contributed by atoms with van der Waals surface area (Å²) in [5, 5.41) is 10.8. The fourth-order valence-corrected chi connectivity index (χ4v) is 3.28. The summed E-state index contributed by atoms with van der Waals surface area (Å²) in [6, 6.07) is 12.5. The monoisotopic (exact) mass is 429 g/mol. The first-order chi connectivity index (χ1) is 14.5. The van der Waals surface area contributed by atoms with Crippen molar-refractivity contribution in [2.24, 2.45) is 0 Å². The average molecular weight is 429 g/mol. The Bertz CT molecular complexity index is 991. The van der Waals surface area contributed by atoms with Gasteiger partial charge in [-0.2, -0.15) is 0 Å². The van der Waals surface area contributed by atoms with Crippen LogP contribution in [-0.2, 0) is 4.79 Å². The molecule has 9 heteroatoms. The molecule has 0 fully saturated rings. The molecule has 0 bridgehead atoms. The molecule has 3 aromatic rings. The van der Waals surface area contributed by atoms with Gasteiger partial charge in [0.05, 0.1) is 26.1 Å². The van der Waals surface area contributed by atoms with E-state index in [1.165, 1.54) is 11.8 Å². The molecular formula is C21H23N3O5S. The Kier molecular flexibility index (Phi) is 7.18. The quantitative estimate of drug-likeness (QED) is 0.504. The second kappa shape index (κ2) is 10.0. The molecule has 3 rings (SSSR count). The van der Waals surface area contributed by atoms with Crippen LogP contribution in [0.25, 0.3) is 11.5 Å². The van der Waals surface area contributed by atoms with E-state index in [9.17, 15) is 4.79 Å². The summed E-state index contributed by atoms with van der Waals surface area (Å²) in [6.07, 6.45) is 0. The minimum absolute atomic E-state index is 0.171. The molecule has 0 spiro atoms. The number of hydrogen-bond acceptors (Lipinski definition) is 8. The van der Waals surface area contributed by atoms with Crippen LogP contribution in [0.1, 0.15) is 13.8 Å². The predicted octanol–water partition coefficient (Wildman–Crippen LogP) is 4.27. The van der Waals surface area contributed by atoms with Crippen molar-refractivity contribution >= 4 is 23.4 Å². The molecule has 0 aliphatic heterocycles. The van der Waals surface area contributed by atoms with E-state index in [2.05, 4.69) is 15.5 Å². The van der Waals surface area contributed by atoms with E-state index in [1.54, 1.807) is 51.5 Å². The predicted molar refractivity (Wildman–Crippen MR) is 114 cm³/mol. The number of amides is 1. The number of nitrogens with zero attached hydrogens (tertiary/aromatic N) is 2. The zero-order chi connectivity index (χ0) is 21.5. The normalized spacial score (nSPS) is 11.6. The van der Waals surface area contributed by atoms with E-state index < -0.39 is 5.25 Å². The summed E-state index contributed by atoms with van der Waals surface area (Å²) in [6.45, 7) is 4.28. The van der Waals surface area contributed by atoms with Gasteiger partial charge >= 0.3 is 0 Å². The SMILES string of the molecule is CCOc1ccc(NC(=O)[C@H](C)Sc2nnc(-c3ccc(OC)c(OC)c3)o2)cc1. The molecule has 0 saturated heterocycles. The Morgan fingerprint density at radius 1 is 1.10 bits per heavy atom. The molecule has 158 valence electrons. The lowest BCUT2D eigenvalue weighted by Crippen LogP contribution is -2.22. The van der Waals surface area contributed by atoms with Crippen molar-refractivity contribution in [1.82, 2.24) is 10.2 Å². The van der Waals surface area contributed by atoms with Crippen LogP contribution in [0, 0.1) is 0 Å². The number of benzene rings is 2. The van der Waals surface area contributed by atoms with Gasteiger partial charge < -0.3 is 23.9 Å². The topological polar surface area (TPSA) is 95.7 Å². The number of rotatable bonds is 9. The number of thioether (sulfide) groups is 1. The van der Waals surface area contributed by atoms with Gasteiger partial charge in [-0.15, -0.1) is 10.2 Å². The lowest BCUT2D eigenvalue weighted by atomic mass is 10.2. The van der Waals surface area contributed by atoms with Crippen LogP contribution in [0.5, 0.6) is 17.2 Å². The summed E-state index contributed by atoms with van der Waals surface area (Å²) in [5.74, 6) is 2.08. The lowest BCUT2D eigenvalue weighted by molar-refractivity contribution is -0.115. The highest BCUT2D eigenvalue weighted by molar-refractivity contribution is 8.00. The molecule has 0 aliphatic carbocycles. The fraction of sp³-hybridized carbons (Fsp3) is 0.286. The Morgan fingerprint density at radius 2 is 1.83 bits per heavy atom. The van der Waals surface area contributed by atoms with Crippen molar-refractivity contribution < 1.29 is 23.4 Å². The van der Waals surface area contributed by atoms with Gasteiger partial charge in [-0.1, -0.05) is 11.8 Å². The van der Waals surface area contributed by atoms with Crippen molar-refractivity contribution in [3.8, 4) is 28.7 Å². The molecule has 0 unspecified atom stereocenters. The summed E-state index contributed by atoms with van der Waals surface area (Å²) >= 11 is 1.18. The minimum atomic E-state index is -0.435. The van der Waals surface area contributed by atoms with Gasteiger partial charge in [0.1, 0.15) is 5.75 Å². The molecular weight excluding hydrogens is 406 g/mol. The molecule has 0 saturated carbocycles. The summed E-state index contributed by atoms with van der Waals surface area (Å²) in [4.78, 5) is 12.5. The number of nitrogens with one attached hydrogen (secondary N) is 1. The van der Waals surface area contributed by atoms with Crippen LogP contribution in [0.2, 0.25) is 0 Å². The van der Waals surface area contributed by atoms with Crippen LogP contribution < -0.4 is 19.5 Å². The van der Waals surface area contributed by atoms with E-state index in [0.29, 0.717) is 40.5 Å². The number of carbonyl (C=O) groups excluding carboxylic acids is 1. The molecule has 1 heterocycles. The van der Waals surface area contributed by atoms with Gasteiger partial charge in [0.15, 0.2) is 11.5 Å². The summed E-state index contributed by atoms with van der Waals surface area (Å²) in [5.41, 5.74) is 1.38. The Hall–Kier alpha value is -3.20. The molecule has 30 heavy (non-hydrogen) atoms. The Morgan fingerprint density at radius 3 is 2.50 bits per heavy atom. The summed E-state index contributed by atoms with van der Waals surface area (Å²) in [7, 11) is 3.13. The molecule has 1 N–H and O–H groups in total. The average Bonchev–Trinajstić information content (AvgIpc) is 3.23. The van der Waals surface area contributed by atoms with Gasteiger partial charge in [0.2, 0.25) is 11.8 Å². The molecule has 1 amide bonds. The second-order valence-electron chi connectivity index (χ2n) is 6.15. The minimum Gasteiger partial charge on any atom is -0.494 e. The number of methoxy groups -OCH3 is 2. The van der Waals surface area contributed by atoms with E-state index >= 15 is 0 Å². The van der Waals surface area contributed by atoms with Crippen molar-refractivity contribution in [1.29, 1.82) is 0 Å². The highest BCUT2D eigenvalue weighted by Crippen LogP contribution is 2.33. The van der Waals surface area contributed by atoms with Crippen molar-refractivity contribution in [2.75, 3.05) is 26.1 Å². The third-order valence-corrected chi connectivity index (χ3v) is 5.05. The first-order valence-electron chi connectivity index (χ1n) is 9.30. The third kappa shape index (κ3) is 5.24. The zero-order valence-electron chi connectivity index (χ0n) is 17.2. The van der Waals surface area contributed by atoms with Crippen molar-refractivity contribution in [3.05, 3.63) is 42.5 Å². The van der Waals surface area contributed by atoms with Crippen molar-refractivity contribution in [3.63, 3.8) is 0 Å². The van der Waals surface area contributed by atoms with E-state index in [0.717, 1.165) is 5.75 Å². The number of ether oxygens (including phenoxy) is 3. The molecule has 8 nitrogen and oxygen atoms in total. The van der Waals surface area contributed by atoms with Gasteiger partial charge in [-0.3, -0.25) is 4.79 Å². The molecule has 1 aromatic heterocycles. The van der Waals surface area contributed by atoms with E-state index in [-0.39, 0.29) is 5.91 Å². The van der Waals surface area contributed by atoms with Crippen LogP contribution in [0.4, 0.5) is 5.69 Å². The second-order valence-corrected chi connectivity index (χ2v) is 7.44. The van der Waals surface area contributed by atoms with E-state index in [1.807, 2.05) is 19.1 Å². The number of anilines is 1.